The molecule has 1 aromatic heterocycles. The lowest BCUT2D eigenvalue weighted by Crippen LogP contribution is -2.44. The van der Waals surface area contributed by atoms with Crippen molar-refractivity contribution in [2.75, 3.05) is 6.61 Å². The van der Waals surface area contributed by atoms with E-state index < -0.39 is 22.0 Å². The number of carboxylic acid groups (broad SMARTS) is 1. The maximum Gasteiger partial charge on any atom is 0.346 e. The number of aliphatic hydroxyl groups excluding tert-OH is 1. The van der Waals surface area contributed by atoms with Crippen LogP contribution in [0.15, 0.2) is 10.3 Å². The summed E-state index contributed by atoms with van der Waals surface area (Å²) in [5.41, 5.74) is 0.0555. The van der Waals surface area contributed by atoms with Gasteiger partial charge in [0, 0.05) is 12.6 Å². The molecule has 0 saturated carbocycles. The molecule has 21 heavy (non-hydrogen) atoms. The zero-order valence-corrected chi connectivity index (χ0v) is 14.1. The SMILES string of the molecule is Cc1cc(S(=O)(=O)NC(CCO)C(C)(C)C)sc1C(=O)O. The number of rotatable bonds is 6. The van der Waals surface area contributed by atoms with E-state index in [1.165, 1.54) is 6.07 Å². The molecule has 6 nitrogen and oxygen atoms in total. The van der Waals surface area contributed by atoms with Gasteiger partial charge in [-0.15, -0.1) is 11.3 Å². The summed E-state index contributed by atoms with van der Waals surface area (Å²) >= 11 is 0.733. The minimum Gasteiger partial charge on any atom is -0.477 e. The Labute approximate surface area is 128 Å². The van der Waals surface area contributed by atoms with E-state index in [1.54, 1.807) is 6.92 Å². The molecule has 0 aromatic carbocycles. The quantitative estimate of drug-likeness (QED) is 0.736. The molecule has 3 N–H and O–H groups in total. The lowest BCUT2D eigenvalue weighted by Gasteiger charge is -2.30. The Morgan fingerprint density at radius 1 is 1.43 bits per heavy atom. The fourth-order valence-corrected chi connectivity index (χ4v) is 4.71. The molecule has 0 aliphatic carbocycles. The van der Waals surface area contributed by atoms with Crippen molar-refractivity contribution in [3.63, 3.8) is 0 Å². The molecule has 1 heterocycles. The van der Waals surface area contributed by atoms with Crippen LogP contribution in [0, 0.1) is 12.3 Å². The average molecular weight is 335 g/mol. The zero-order chi connectivity index (χ0) is 16.4. The van der Waals surface area contributed by atoms with Gasteiger partial charge in [-0.2, -0.15) is 0 Å². The van der Waals surface area contributed by atoms with Gasteiger partial charge in [0.1, 0.15) is 9.09 Å². The molecule has 0 aliphatic heterocycles. The van der Waals surface area contributed by atoms with Crippen molar-refractivity contribution in [1.82, 2.24) is 4.72 Å². The molecule has 0 spiro atoms. The molecule has 1 atom stereocenters. The Morgan fingerprint density at radius 2 is 2.00 bits per heavy atom. The first-order valence-electron chi connectivity index (χ1n) is 6.46. The van der Waals surface area contributed by atoms with Crippen LogP contribution in [-0.2, 0) is 10.0 Å². The summed E-state index contributed by atoms with van der Waals surface area (Å²) in [4.78, 5) is 11.0. The topological polar surface area (TPSA) is 104 Å². The van der Waals surface area contributed by atoms with E-state index in [0.29, 0.717) is 12.0 Å². The summed E-state index contributed by atoms with van der Waals surface area (Å²) in [7, 11) is -3.81. The Balaban J connectivity index is 3.11. The van der Waals surface area contributed by atoms with Crippen LogP contribution < -0.4 is 4.72 Å². The molecular weight excluding hydrogens is 314 g/mol. The predicted molar refractivity (Wildman–Crippen MR) is 81.3 cm³/mol. The van der Waals surface area contributed by atoms with Gasteiger partial charge in [0.05, 0.1) is 0 Å². The Hall–Kier alpha value is -0.960. The summed E-state index contributed by atoms with van der Waals surface area (Å²) in [6.07, 6.45) is 0.291. The smallest absolute Gasteiger partial charge is 0.346 e. The summed E-state index contributed by atoms with van der Waals surface area (Å²) in [5, 5.41) is 18.1. The van der Waals surface area contributed by atoms with Crippen LogP contribution in [0.4, 0.5) is 0 Å². The summed E-state index contributed by atoms with van der Waals surface area (Å²) < 4.78 is 27.3. The van der Waals surface area contributed by atoms with Gasteiger partial charge < -0.3 is 10.2 Å². The van der Waals surface area contributed by atoms with Gasteiger partial charge in [-0.3, -0.25) is 0 Å². The molecule has 1 aromatic rings. The van der Waals surface area contributed by atoms with Crippen LogP contribution in [-0.4, -0.2) is 37.2 Å². The Morgan fingerprint density at radius 3 is 2.38 bits per heavy atom. The maximum atomic E-state index is 12.4. The highest BCUT2D eigenvalue weighted by Gasteiger charge is 2.30. The average Bonchev–Trinajstić information content (AvgIpc) is 2.70. The third-order valence-electron chi connectivity index (χ3n) is 3.11. The molecule has 0 bridgehead atoms. The number of thiophene rings is 1. The number of carbonyl (C=O) groups is 1. The van der Waals surface area contributed by atoms with E-state index in [4.69, 9.17) is 10.2 Å². The van der Waals surface area contributed by atoms with E-state index in [-0.39, 0.29) is 21.1 Å². The number of hydrogen-bond acceptors (Lipinski definition) is 5. The van der Waals surface area contributed by atoms with Crippen LogP contribution in [0.25, 0.3) is 0 Å². The molecule has 0 saturated heterocycles. The normalized spacial score (nSPS) is 14.1. The monoisotopic (exact) mass is 335 g/mol. The number of hydrogen-bond donors (Lipinski definition) is 3. The predicted octanol–water partition coefficient (Wildman–Crippen LogP) is 1.83. The highest BCUT2D eigenvalue weighted by molar-refractivity contribution is 7.91. The fraction of sp³-hybridized carbons (Fsp3) is 0.615. The fourth-order valence-electron chi connectivity index (χ4n) is 1.84. The van der Waals surface area contributed by atoms with E-state index in [2.05, 4.69) is 4.72 Å². The second-order valence-electron chi connectivity index (χ2n) is 5.93. The molecule has 1 unspecified atom stereocenters. The lowest BCUT2D eigenvalue weighted by atomic mass is 9.86. The van der Waals surface area contributed by atoms with Gasteiger partial charge in [0.25, 0.3) is 0 Å². The van der Waals surface area contributed by atoms with Crippen molar-refractivity contribution < 1.29 is 23.4 Å². The first-order valence-corrected chi connectivity index (χ1v) is 8.76. The third kappa shape index (κ3) is 4.50. The van der Waals surface area contributed by atoms with Gasteiger partial charge in [-0.05, 0) is 30.4 Å². The molecule has 0 radical (unpaired) electrons. The highest BCUT2D eigenvalue weighted by Crippen LogP contribution is 2.28. The minimum atomic E-state index is -3.81. The van der Waals surface area contributed by atoms with Crippen LogP contribution in [0.5, 0.6) is 0 Å². The second-order valence-corrected chi connectivity index (χ2v) is 8.93. The van der Waals surface area contributed by atoms with Crippen LogP contribution in [0.1, 0.15) is 42.4 Å². The largest absolute Gasteiger partial charge is 0.477 e. The third-order valence-corrected chi connectivity index (χ3v) is 6.29. The van der Waals surface area contributed by atoms with E-state index >= 15 is 0 Å². The second kappa shape index (κ2) is 6.43. The van der Waals surface area contributed by atoms with Gasteiger partial charge in [0.2, 0.25) is 10.0 Å². The minimum absolute atomic E-state index is 0.0184. The Bertz CT molecular complexity index is 613. The molecule has 1 rings (SSSR count). The molecule has 120 valence electrons. The number of sulfonamides is 1. The summed E-state index contributed by atoms with van der Waals surface area (Å²) in [6, 6.07) is 0.915. The van der Waals surface area contributed by atoms with Gasteiger partial charge >= 0.3 is 5.97 Å². The molecular formula is C13H21NO5S2. The number of carboxylic acids is 1. The number of aromatic carboxylic acids is 1. The van der Waals surface area contributed by atoms with Crippen molar-refractivity contribution in [3.05, 3.63) is 16.5 Å². The maximum absolute atomic E-state index is 12.4. The Kier molecular flexibility index (Phi) is 5.54. The first kappa shape index (κ1) is 18.1. The number of nitrogens with one attached hydrogen (secondary N) is 1. The lowest BCUT2D eigenvalue weighted by molar-refractivity contribution is 0.0701. The van der Waals surface area contributed by atoms with E-state index in [1.807, 2.05) is 20.8 Å². The number of aliphatic hydroxyl groups is 1. The molecule has 8 heteroatoms. The van der Waals surface area contributed by atoms with Crippen molar-refractivity contribution >= 4 is 27.3 Å². The van der Waals surface area contributed by atoms with Crippen molar-refractivity contribution in [2.24, 2.45) is 5.41 Å². The van der Waals surface area contributed by atoms with Gasteiger partial charge in [-0.1, -0.05) is 20.8 Å². The molecule has 0 fully saturated rings. The first-order chi connectivity index (χ1) is 9.49. The molecule has 0 aliphatic rings. The zero-order valence-electron chi connectivity index (χ0n) is 12.5. The van der Waals surface area contributed by atoms with Crippen molar-refractivity contribution in [1.29, 1.82) is 0 Å². The van der Waals surface area contributed by atoms with Gasteiger partial charge in [-0.25, -0.2) is 17.9 Å². The van der Waals surface area contributed by atoms with Crippen LogP contribution in [0.3, 0.4) is 0 Å². The van der Waals surface area contributed by atoms with Crippen LogP contribution >= 0.6 is 11.3 Å². The number of aryl methyl sites for hydroxylation is 1. The van der Waals surface area contributed by atoms with E-state index in [0.717, 1.165) is 11.3 Å². The highest BCUT2D eigenvalue weighted by atomic mass is 32.2. The van der Waals surface area contributed by atoms with Crippen molar-refractivity contribution in [3.8, 4) is 0 Å². The van der Waals surface area contributed by atoms with E-state index in [9.17, 15) is 13.2 Å². The van der Waals surface area contributed by atoms with Crippen molar-refractivity contribution in [2.45, 2.75) is 44.4 Å². The van der Waals surface area contributed by atoms with Gasteiger partial charge in [0.15, 0.2) is 0 Å². The van der Waals surface area contributed by atoms with Crippen LogP contribution in [0.2, 0.25) is 0 Å². The molecule has 0 amide bonds. The standard InChI is InChI=1S/C13H21NO5S2/c1-8-7-10(20-11(8)12(16)17)21(18,19)14-9(5-6-15)13(2,3)4/h7,9,14-15H,5-6H2,1-4H3,(H,16,17). The summed E-state index contributed by atoms with van der Waals surface area (Å²) in [6.45, 7) is 7.05. The summed E-state index contributed by atoms with van der Waals surface area (Å²) in [5.74, 6) is -1.14.